The van der Waals surface area contributed by atoms with Crippen molar-refractivity contribution in [3.8, 4) is 0 Å². The van der Waals surface area contributed by atoms with Crippen molar-refractivity contribution in [3.63, 3.8) is 0 Å². The molecule has 0 aliphatic heterocycles. The van der Waals surface area contributed by atoms with Gasteiger partial charge in [0, 0.05) is 12.6 Å². The van der Waals surface area contributed by atoms with Crippen LogP contribution < -0.4 is 5.32 Å². The van der Waals surface area contributed by atoms with Crippen LogP contribution in [0, 0.1) is 12.8 Å². The van der Waals surface area contributed by atoms with Crippen LogP contribution in [0.1, 0.15) is 43.9 Å². The molecule has 1 N–H and O–H groups in total. The molecule has 0 aliphatic rings. The molecule has 2 heteroatoms. The van der Waals surface area contributed by atoms with Gasteiger partial charge in [0.1, 0.15) is 0 Å². The molecule has 108 valence electrons. The SMILES string of the molecule is CCC(C)CN(C)CCC(NC)c1ccccc1C. The third-order valence-corrected chi connectivity index (χ3v) is 4.03. The van der Waals surface area contributed by atoms with Crippen LogP contribution in [0.2, 0.25) is 0 Å². The van der Waals surface area contributed by atoms with Crippen molar-refractivity contribution in [3.05, 3.63) is 35.4 Å². The molecule has 0 spiro atoms. The fourth-order valence-electron chi connectivity index (χ4n) is 2.54. The maximum atomic E-state index is 3.46. The van der Waals surface area contributed by atoms with Gasteiger partial charge in [-0.25, -0.2) is 0 Å². The zero-order valence-corrected chi connectivity index (χ0v) is 13.2. The first-order valence-corrected chi connectivity index (χ1v) is 7.49. The van der Waals surface area contributed by atoms with Crippen molar-refractivity contribution in [1.82, 2.24) is 10.2 Å². The molecule has 0 aromatic heterocycles. The number of benzene rings is 1. The Morgan fingerprint density at radius 3 is 2.53 bits per heavy atom. The molecule has 2 atom stereocenters. The molecular formula is C17H30N2. The molecule has 2 unspecified atom stereocenters. The van der Waals surface area contributed by atoms with Crippen LogP contribution in [0.3, 0.4) is 0 Å². The molecule has 0 heterocycles. The van der Waals surface area contributed by atoms with Gasteiger partial charge in [-0.15, -0.1) is 0 Å². The lowest BCUT2D eigenvalue weighted by molar-refractivity contribution is 0.267. The summed E-state index contributed by atoms with van der Waals surface area (Å²) in [6.45, 7) is 9.13. The third-order valence-electron chi connectivity index (χ3n) is 4.03. The lowest BCUT2D eigenvalue weighted by Gasteiger charge is -2.24. The molecule has 2 nitrogen and oxygen atoms in total. The van der Waals surface area contributed by atoms with Gasteiger partial charge in [0.15, 0.2) is 0 Å². The van der Waals surface area contributed by atoms with E-state index in [2.05, 4.69) is 69.3 Å². The van der Waals surface area contributed by atoms with Gasteiger partial charge in [-0.3, -0.25) is 0 Å². The predicted molar refractivity (Wildman–Crippen MR) is 84.5 cm³/mol. The van der Waals surface area contributed by atoms with Crippen molar-refractivity contribution in [2.75, 3.05) is 27.2 Å². The van der Waals surface area contributed by atoms with Gasteiger partial charge in [-0.05, 0) is 51.0 Å². The minimum Gasteiger partial charge on any atom is -0.313 e. The number of nitrogens with zero attached hydrogens (tertiary/aromatic N) is 1. The number of rotatable bonds is 8. The fourth-order valence-corrected chi connectivity index (χ4v) is 2.54. The molecule has 0 aliphatic carbocycles. The Morgan fingerprint density at radius 2 is 1.95 bits per heavy atom. The van der Waals surface area contributed by atoms with E-state index in [1.54, 1.807) is 0 Å². The molecule has 0 saturated heterocycles. The summed E-state index contributed by atoms with van der Waals surface area (Å²) < 4.78 is 0. The van der Waals surface area contributed by atoms with E-state index in [1.165, 1.54) is 24.1 Å². The fraction of sp³-hybridized carbons (Fsp3) is 0.647. The summed E-state index contributed by atoms with van der Waals surface area (Å²) in [7, 11) is 4.29. The van der Waals surface area contributed by atoms with Crippen LogP contribution >= 0.6 is 0 Å². The van der Waals surface area contributed by atoms with Crippen molar-refractivity contribution in [2.45, 2.75) is 39.7 Å². The zero-order chi connectivity index (χ0) is 14.3. The van der Waals surface area contributed by atoms with Gasteiger partial charge >= 0.3 is 0 Å². The standard InChI is InChI=1S/C17H30N2/c1-6-14(2)13-19(5)12-11-17(18-4)16-10-8-7-9-15(16)3/h7-10,14,17-18H,6,11-13H2,1-5H3. The first-order chi connectivity index (χ1) is 9.08. The second kappa shape index (κ2) is 8.34. The van der Waals surface area contributed by atoms with Gasteiger partial charge in [0.05, 0.1) is 0 Å². The van der Waals surface area contributed by atoms with Gasteiger partial charge in [-0.1, -0.05) is 44.5 Å². The highest BCUT2D eigenvalue weighted by molar-refractivity contribution is 5.28. The Hall–Kier alpha value is -0.860. The molecule has 0 bridgehead atoms. The van der Waals surface area contributed by atoms with Gasteiger partial charge in [0.25, 0.3) is 0 Å². The summed E-state index contributed by atoms with van der Waals surface area (Å²) >= 11 is 0. The second-order valence-electron chi connectivity index (χ2n) is 5.76. The zero-order valence-electron chi connectivity index (χ0n) is 13.2. The van der Waals surface area contributed by atoms with Crippen LogP contribution in [0.15, 0.2) is 24.3 Å². The summed E-state index contributed by atoms with van der Waals surface area (Å²) in [5.41, 5.74) is 2.81. The Kier molecular flexibility index (Phi) is 7.11. The Bertz CT molecular complexity index is 362. The molecule has 0 amide bonds. The molecule has 0 radical (unpaired) electrons. The van der Waals surface area contributed by atoms with E-state index in [0.29, 0.717) is 6.04 Å². The van der Waals surface area contributed by atoms with Crippen molar-refractivity contribution in [1.29, 1.82) is 0 Å². The van der Waals surface area contributed by atoms with Gasteiger partial charge < -0.3 is 10.2 Å². The second-order valence-corrected chi connectivity index (χ2v) is 5.76. The highest BCUT2D eigenvalue weighted by Gasteiger charge is 2.12. The lowest BCUT2D eigenvalue weighted by atomic mass is 9.98. The number of hydrogen-bond donors (Lipinski definition) is 1. The molecule has 0 saturated carbocycles. The van der Waals surface area contributed by atoms with Crippen LogP contribution in [0.5, 0.6) is 0 Å². The van der Waals surface area contributed by atoms with E-state index >= 15 is 0 Å². The molecule has 0 fully saturated rings. The maximum Gasteiger partial charge on any atom is 0.0332 e. The molecule has 1 rings (SSSR count). The van der Waals surface area contributed by atoms with Crippen LogP contribution in [-0.2, 0) is 0 Å². The largest absolute Gasteiger partial charge is 0.313 e. The van der Waals surface area contributed by atoms with E-state index in [0.717, 1.165) is 18.9 Å². The Labute approximate surface area is 119 Å². The summed E-state index contributed by atoms with van der Waals surface area (Å²) in [5.74, 6) is 0.788. The Balaban J connectivity index is 2.52. The third kappa shape index (κ3) is 5.33. The monoisotopic (exact) mass is 262 g/mol. The van der Waals surface area contributed by atoms with Crippen LogP contribution in [-0.4, -0.2) is 32.1 Å². The molecule has 19 heavy (non-hydrogen) atoms. The van der Waals surface area contributed by atoms with E-state index in [1.807, 2.05) is 0 Å². The van der Waals surface area contributed by atoms with Crippen molar-refractivity contribution in [2.24, 2.45) is 5.92 Å². The minimum absolute atomic E-state index is 0.459. The van der Waals surface area contributed by atoms with Gasteiger partial charge in [-0.2, -0.15) is 0 Å². The lowest BCUT2D eigenvalue weighted by Crippen LogP contribution is -2.29. The maximum absolute atomic E-state index is 3.46. The summed E-state index contributed by atoms with van der Waals surface area (Å²) in [6, 6.07) is 9.14. The molecular weight excluding hydrogens is 232 g/mol. The van der Waals surface area contributed by atoms with Crippen molar-refractivity contribution < 1.29 is 0 Å². The first-order valence-electron chi connectivity index (χ1n) is 7.49. The smallest absolute Gasteiger partial charge is 0.0332 e. The summed E-state index contributed by atoms with van der Waals surface area (Å²) in [6.07, 6.45) is 2.42. The highest BCUT2D eigenvalue weighted by Crippen LogP contribution is 2.20. The van der Waals surface area contributed by atoms with E-state index in [-0.39, 0.29) is 0 Å². The number of aryl methyl sites for hydroxylation is 1. The quantitative estimate of drug-likeness (QED) is 0.769. The highest BCUT2D eigenvalue weighted by atomic mass is 15.1. The minimum atomic E-state index is 0.459. The first kappa shape index (κ1) is 16.2. The van der Waals surface area contributed by atoms with Gasteiger partial charge in [0.2, 0.25) is 0 Å². The van der Waals surface area contributed by atoms with E-state index in [4.69, 9.17) is 0 Å². The normalized spacial score (nSPS) is 14.6. The average molecular weight is 262 g/mol. The summed E-state index contributed by atoms with van der Waals surface area (Å²) in [4.78, 5) is 2.46. The molecule has 1 aromatic rings. The van der Waals surface area contributed by atoms with E-state index in [9.17, 15) is 0 Å². The summed E-state index contributed by atoms with van der Waals surface area (Å²) in [5, 5.41) is 3.46. The molecule has 1 aromatic carbocycles. The predicted octanol–water partition coefficient (Wildman–Crippen LogP) is 3.62. The van der Waals surface area contributed by atoms with E-state index < -0.39 is 0 Å². The van der Waals surface area contributed by atoms with Crippen LogP contribution in [0.4, 0.5) is 0 Å². The Morgan fingerprint density at radius 1 is 1.26 bits per heavy atom. The average Bonchev–Trinajstić information content (AvgIpc) is 2.41. The number of hydrogen-bond acceptors (Lipinski definition) is 2. The van der Waals surface area contributed by atoms with Crippen LogP contribution in [0.25, 0.3) is 0 Å². The number of nitrogens with one attached hydrogen (secondary N) is 1. The van der Waals surface area contributed by atoms with Crippen molar-refractivity contribution >= 4 is 0 Å². The topological polar surface area (TPSA) is 15.3 Å².